The fraction of sp³-hybridized carbons (Fsp3) is 0.409. The molecule has 0 unspecified atom stereocenters. The lowest BCUT2D eigenvalue weighted by molar-refractivity contribution is -0.274. The first-order valence-electron chi connectivity index (χ1n) is 10.4. The van der Waals surface area contributed by atoms with Crippen molar-refractivity contribution in [1.29, 1.82) is 5.26 Å². The van der Waals surface area contributed by atoms with Gasteiger partial charge in [0.05, 0.1) is 13.1 Å². The second-order valence-corrected chi connectivity index (χ2v) is 7.82. The molecule has 1 saturated heterocycles. The second kappa shape index (κ2) is 10.6. The molecule has 2 aromatic rings. The second-order valence-electron chi connectivity index (χ2n) is 7.82. The smallest absolute Gasteiger partial charge is 0.444 e. The van der Waals surface area contributed by atoms with Gasteiger partial charge in [-0.3, -0.25) is 24.7 Å². The van der Waals surface area contributed by atoms with Gasteiger partial charge in [0.15, 0.2) is 0 Å². The van der Waals surface area contributed by atoms with Crippen LogP contribution < -0.4 is 15.4 Å². The Balaban J connectivity index is 1.41. The van der Waals surface area contributed by atoms with E-state index in [0.717, 1.165) is 12.1 Å². The lowest BCUT2D eigenvalue weighted by atomic mass is 10.2. The van der Waals surface area contributed by atoms with Gasteiger partial charge in [-0.25, -0.2) is 0 Å². The van der Waals surface area contributed by atoms with Crippen LogP contribution in [-0.4, -0.2) is 67.2 Å². The Hall–Kier alpha value is -3.56. The fourth-order valence-corrected chi connectivity index (χ4v) is 3.47. The quantitative estimate of drug-likeness (QED) is 0.628. The van der Waals surface area contributed by atoms with Crippen molar-refractivity contribution >= 4 is 23.4 Å². The van der Waals surface area contributed by atoms with E-state index in [1.54, 1.807) is 13.8 Å². The van der Waals surface area contributed by atoms with Gasteiger partial charge in [-0.1, -0.05) is 0 Å². The fourth-order valence-electron chi connectivity index (χ4n) is 3.47. The monoisotopic (exact) mass is 479 g/mol. The molecule has 0 aliphatic carbocycles. The van der Waals surface area contributed by atoms with Crippen molar-refractivity contribution in [2.24, 2.45) is 0 Å². The molecule has 0 saturated carbocycles. The summed E-state index contributed by atoms with van der Waals surface area (Å²) < 4.78 is 45.9. The Morgan fingerprint density at radius 1 is 1.03 bits per heavy atom. The summed E-state index contributed by atoms with van der Waals surface area (Å²) in [6.45, 7) is 5.94. The maximum absolute atomic E-state index is 12.4. The summed E-state index contributed by atoms with van der Waals surface area (Å²) in [4.78, 5) is 28.5. The summed E-state index contributed by atoms with van der Waals surface area (Å²) >= 11 is 0. The highest BCUT2D eigenvalue weighted by Crippen LogP contribution is 2.25. The third-order valence-electron chi connectivity index (χ3n) is 5.32. The number of nitrogens with zero attached hydrogens (tertiary/aromatic N) is 3. The Labute approximate surface area is 194 Å². The molecule has 0 spiro atoms. The van der Waals surface area contributed by atoms with Crippen LogP contribution in [0.15, 0.2) is 28.7 Å². The number of piperazine rings is 1. The molecular weight excluding hydrogens is 455 g/mol. The summed E-state index contributed by atoms with van der Waals surface area (Å²) in [5.74, 6) is -0.246. The minimum atomic E-state index is -4.77. The number of halogens is 3. The molecule has 2 amide bonds. The number of carbonyl (C=O) groups excluding carboxylic acids is 2. The van der Waals surface area contributed by atoms with Crippen LogP contribution in [0.4, 0.5) is 24.7 Å². The Bertz CT molecular complexity index is 1070. The molecule has 2 N–H and O–H groups in total. The molecule has 2 heterocycles. The molecule has 182 valence electrons. The molecule has 0 bridgehead atoms. The first kappa shape index (κ1) is 25.1. The number of furan rings is 1. The zero-order valence-corrected chi connectivity index (χ0v) is 18.7. The number of hydrogen-bond acceptors (Lipinski definition) is 7. The number of ether oxygens (including phenoxy) is 1. The number of benzene rings is 1. The van der Waals surface area contributed by atoms with Crippen LogP contribution in [0.3, 0.4) is 0 Å². The third-order valence-corrected chi connectivity index (χ3v) is 5.32. The Morgan fingerprint density at radius 2 is 1.56 bits per heavy atom. The van der Waals surface area contributed by atoms with Crippen LogP contribution in [-0.2, 0) is 9.59 Å². The molecule has 12 heteroatoms. The predicted molar refractivity (Wildman–Crippen MR) is 116 cm³/mol. The van der Waals surface area contributed by atoms with E-state index in [4.69, 9.17) is 4.42 Å². The minimum absolute atomic E-state index is 0.108. The SMILES string of the molecule is Cc1oc(NC(=O)CN2CCN(CC(=O)Nc3ccc(OC(F)(F)F)cc3)CC2)c(C#N)c1C. The summed E-state index contributed by atoms with van der Waals surface area (Å²) in [6.07, 6.45) is -4.77. The van der Waals surface area contributed by atoms with Crippen molar-refractivity contribution in [3.63, 3.8) is 0 Å². The number of rotatable bonds is 7. The topological polar surface area (TPSA) is 111 Å². The van der Waals surface area contributed by atoms with E-state index in [0.29, 0.717) is 48.8 Å². The molecule has 0 radical (unpaired) electrons. The van der Waals surface area contributed by atoms with Gasteiger partial charge in [-0.2, -0.15) is 5.26 Å². The number of nitrogens with one attached hydrogen (secondary N) is 2. The van der Waals surface area contributed by atoms with Crippen LogP contribution in [0.5, 0.6) is 5.75 Å². The van der Waals surface area contributed by atoms with Crippen molar-refractivity contribution in [3.05, 3.63) is 41.2 Å². The Kier molecular flexibility index (Phi) is 7.80. The molecule has 1 aromatic carbocycles. The first-order valence-corrected chi connectivity index (χ1v) is 10.4. The van der Waals surface area contributed by atoms with Crippen LogP contribution >= 0.6 is 0 Å². The van der Waals surface area contributed by atoms with Crippen LogP contribution in [0.2, 0.25) is 0 Å². The van der Waals surface area contributed by atoms with E-state index >= 15 is 0 Å². The summed E-state index contributed by atoms with van der Waals surface area (Å²) in [7, 11) is 0. The van der Waals surface area contributed by atoms with E-state index in [-0.39, 0.29) is 36.5 Å². The average Bonchev–Trinajstić information content (AvgIpc) is 3.02. The van der Waals surface area contributed by atoms with Crippen molar-refractivity contribution < 1.29 is 31.9 Å². The lowest BCUT2D eigenvalue weighted by Crippen LogP contribution is -2.50. The van der Waals surface area contributed by atoms with E-state index < -0.39 is 6.36 Å². The van der Waals surface area contributed by atoms with Gasteiger partial charge < -0.3 is 14.5 Å². The number of nitriles is 1. The number of alkyl halides is 3. The van der Waals surface area contributed by atoms with Crippen molar-refractivity contribution in [3.8, 4) is 11.8 Å². The van der Waals surface area contributed by atoms with Crippen LogP contribution in [0.25, 0.3) is 0 Å². The Morgan fingerprint density at radius 3 is 2.06 bits per heavy atom. The van der Waals surface area contributed by atoms with Crippen molar-refractivity contribution in [2.45, 2.75) is 20.2 Å². The molecule has 9 nitrogen and oxygen atoms in total. The van der Waals surface area contributed by atoms with Crippen molar-refractivity contribution in [1.82, 2.24) is 9.80 Å². The molecule has 1 aliphatic heterocycles. The molecule has 1 aromatic heterocycles. The molecular formula is C22H24F3N5O4. The van der Waals surface area contributed by atoms with Gasteiger partial charge in [-0.05, 0) is 38.1 Å². The summed E-state index contributed by atoms with van der Waals surface area (Å²) in [5, 5.41) is 14.5. The number of hydrogen-bond donors (Lipinski definition) is 2. The van der Waals surface area contributed by atoms with Gasteiger partial charge in [0.1, 0.15) is 23.1 Å². The largest absolute Gasteiger partial charge is 0.573 e. The molecule has 0 atom stereocenters. The van der Waals surface area contributed by atoms with E-state index in [2.05, 4.69) is 15.4 Å². The van der Waals surface area contributed by atoms with Gasteiger partial charge in [0, 0.05) is 37.4 Å². The standard InChI is InChI=1S/C22H24F3N5O4/c1-14-15(2)33-21(18(14)11-26)28-20(32)13-30-9-7-29(8-10-30)12-19(31)27-16-3-5-17(6-4-16)34-22(23,24)25/h3-6H,7-10,12-13H2,1-2H3,(H,27,31)(H,28,32). The number of anilines is 2. The van der Waals surface area contributed by atoms with Gasteiger partial charge >= 0.3 is 6.36 Å². The first-order chi connectivity index (χ1) is 16.0. The molecule has 1 aliphatic rings. The lowest BCUT2D eigenvalue weighted by Gasteiger charge is -2.33. The summed E-state index contributed by atoms with van der Waals surface area (Å²) in [5.41, 5.74) is 1.36. The third kappa shape index (κ3) is 6.97. The van der Waals surface area contributed by atoms with Gasteiger partial charge in [0.25, 0.3) is 0 Å². The highest BCUT2D eigenvalue weighted by Gasteiger charge is 2.31. The van der Waals surface area contributed by atoms with Gasteiger partial charge in [-0.15, -0.1) is 13.2 Å². The average molecular weight is 479 g/mol. The normalized spacial score (nSPS) is 14.9. The summed E-state index contributed by atoms with van der Waals surface area (Å²) in [6, 6.07) is 6.93. The van der Waals surface area contributed by atoms with Crippen LogP contribution in [0.1, 0.15) is 16.9 Å². The predicted octanol–water partition coefficient (Wildman–Crippen LogP) is 2.86. The molecule has 3 rings (SSSR count). The van der Waals surface area contributed by atoms with E-state index in [1.807, 2.05) is 15.9 Å². The van der Waals surface area contributed by atoms with Crippen LogP contribution in [0, 0.1) is 25.2 Å². The minimum Gasteiger partial charge on any atom is -0.444 e. The van der Waals surface area contributed by atoms with E-state index in [1.165, 1.54) is 12.1 Å². The highest BCUT2D eigenvalue weighted by molar-refractivity contribution is 5.93. The molecule has 34 heavy (non-hydrogen) atoms. The van der Waals surface area contributed by atoms with E-state index in [9.17, 15) is 28.0 Å². The number of carbonyl (C=O) groups is 2. The maximum Gasteiger partial charge on any atom is 0.573 e. The van der Waals surface area contributed by atoms with Gasteiger partial charge in [0.2, 0.25) is 17.7 Å². The number of aryl methyl sites for hydroxylation is 1. The zero-order valence-electron chi connectivity index (χ0n) is 18.7. The molecule has 1 fully saturated rings. The van der Waals surface area contributed by atoms with Crippen molar-refractivity contribution in [2.75, 3.05) is 49.9 Å². The highest BCUT2D eigenvalue weighted by atomic mass is 19.4. The maximum atomic E-state index is 12.4. The number of amides is 2. The zero-order chi connectivity index (χ0) is 24.9.